The molecule has 1 aliphatic rings. The fraction of sp³-hybridized carbons (Fsp3) is 0.333. The molecule has 0 aromatic heterocycles. The smallest absolute Gasteiger partial charge is 0.137 e. The highest BCUT2D eigenvalue weighted by Gasteiger charge is 2.23. The third kappa shape index (κ3) is 1.51. The van der Waals surface area contributed by atoms with Crippen molar-refractivity contribution >= 4 is 13.6 Å². The molecule has 0 spiro atoms. The summed E-state index contributed by atoms with van der Waals surface area (Å²) in [6.45, 7) is 1.93. The van der Waals surface area contributed by atoms with Gasteiger partial charge in [-0.2, -0.15) is 0 Å². The minimum absolute atomic E-state index is 0.468. The van der Waals surface area contributed by atoms with Crippen LogP contribution in [-0.2, 0) is 4.52 Å². The molecule has 0 saturated carbocycles. The lowest BCUT2D eigenvalue weighted by molar-refractivity contribution is 0.397. The van der Waals surface area contributed by atoms with Crippen molar-refractivity contribution < 1.29 is 4.52 Å². The first-order chi connectivity index (χ1) is 5.88. The minimum Gasteiger partial charge on any atom is -0.338 e. The maximum Gasteiger partial charge on any atom is 0.137 e. The summed E-state index contributed by atoms with van der Waals surface area (Å²) in [4.78, 5) is 0. The Hall–Kier alpha value is -0.430. The predicted octanol–water partition coefficient (Wildman–Crippen LogP) is 1.59. The largest absolute Gasteiger partial charge is 0.338 e. The van der Waals surface area contributed by atoms with E-state index in [1.54, 1.807) is 0 Å². The Morgan fingerprint density at radius 1 is 1.33 bits per heavy atom. The molecule has 1 fully saturated rings. The lowest BCUT2D eigenvalue weighted by atomic mass is 10.4. The van der Waals surface area contributed by atoms with Gasteiger partial charge in [0.1, 0.15) is 8.30 Å². The Kier molecular flexibility index (Phi) is 2.40. The zero-order chi connectivity index (χ0) is 8.39. The van der Waals surface area contributed by atoms with Gasteiger partial charge in [0.2, 0.25) is 0 Å². The van der Waals surface area contributed by atoms with Crippen molar-refractivity contribution in [3.63, 3.8) is 0 Å². The summed E-state index contributed by atoms with van der Waals surface area (Å²) in [6.07, 6.45) is 0. The minimum atomic E-state index is -0.468. The number of nitrogens with zero attached hydrogens (tertiary/aromatic N) is 1. The topological polar surface area (TPSA) is 12.5 Å². The van der Waals surface area contributed by atoms with Crippen molar-refractivity contribution in [1.29, 1.82) is 0 Å². The van der Waals surface area contributed by atoms with Crippen LogP contribution in [0.4, 0.5) is 0 Å². The molecule has 0 amide bonds. The summed E-state index contributed by atoms with van der Waals surface area (Å²) < 4.78 is 7.92. The first kappa shape index (κ1) is 8.18. The van der Waals surface area contributed by atoms with E-state index in [0.717, 1.165) is 13.2 Å². The van der Waals surface area contributed by atoms with Gasteiger partial charge in [-0.15, -0.1) is 0 Å². The zero-order valence-electron chi connectivity index (χ0n) is 7.10. The fourth-order valence-electron chi connectivity index (χ4n) is 1.28. The summed E-state index contributed by atoms with van der Waals surface area (Å²) in [7, 11) is 1.65. The Bertz CT molecular complexity index is 252. The van der Waals surface area contributed by atoms with Gasteiger partial charge < -0.3 is 4.52 Å². The Morgan fingerprint density at radius 3 is 2.67 bits per heavy atom. The average molecular weight is 181 g/mol. The van der Waals surface area contributed by atoms with Gasteiger partial charge >= 0.3 is 0 Å². The summed E-state index contributed by atoms with van der Waals surface area (Å²) in [5.41, 5.74) is 0. The maximum atomic E-state index is 5.64. The maximum absolute atomic E-state index is 5.64. The van der Waals surface area contributed by atoms with E-state index in [-0.39, 0.29) is 0 Å². The first-order valence-electron chi connectivity index (χ1n) is 4.07. The van der Waals surface area contributed by atoms with E-state index in [0.29, 0.717) is 0 Å². The quantitative estimate of drug-likeness (QED) is 0.610. The lowest BCUT2D eigenvalue weighted by Gasteiger charge is -2.16. The van der Waals surface area contributed by atoms with E-state index in [1.165, 1.54) is 5.30 Å². The van der Waals surface area contributed by atoms with E-state index < -0.39 is 8.30 Å². The van der Waals surface area contributed by atoms with Gasteiger partial charge in [-0.05, 0) is 7.05 Å². The molecule has 12 heavy (non-hydrogen) atoms. The monoisotopic (exact) mass is 181 g/mol. The molecule has 1 aromatic carbocycles. The van der Waals surface area contributed by atoms with Crippen molar-refractivity contribution in [1.82, 2.24) is 4.67 Å². The Labute approximate surface area is 74.0 Å². The van der Waals surface area contributed by atoms with Crippen molar-refractivity contribution in [2.75, 3.05) is 20.2 Å². The van der Waals surface area contributed by atoms with Gasteiger partial charge in [0, 0.05) is 11.8 Å². The molecule has 2 rings (SSSR count). The van der Waals surface area contributed by atoms with Crippen LogP contribution < -0.4 is 5.30 Å². The zero-order valence-corrected chi connectivity index (χ0v) is 8.00. The number of rotatable bonds is 1. The molecular formula is C9H12NOP. The highest BCUT2D eigenvalue weighted by atomic mass is 31.2. The third-order valence-electron chi connectivity index (χ3n) is 1.92. The normalized spacial score (nSPS) is 24.6. The molecular weight excluding hydrogens is 169 g/mol. The van der Waals surface area contributed by atoms with E-state index >= 15 is 0 Å². The lowest BCUT2D eigenvalue weighted by Crippen LogP contribution is -2.13. The second-order valence-electron chi connectivity index (χ2n) is 2.82. The molecule has 0 N–H and O–H groups in total. The molecule has 1 aliphatic heterocycles. The highest BCUT2D eigenvalue weighted by molar-refractivity contribution is 7.58. The van der Waals surface area contributed by atoms with Crippen LogP contribution in [0.3, 0.4) is 0 Å². The van der Waals surface area contributed by atoms with Gasteiger partial charge in [0.25, 0.3) is 0 Å². The van der Waals surface area contributed by atoms with E-state index in [1.807, 2.05) is 6.07 Å². The second-order valence-corrected chi connectivity index (χ2v) is 4.83. The summed E-state index contributed by atoms with van der Waals surface area (Å²) >= 11 is 0. The summed E-state index contributed by atoms with van der Waals surface area (Å²) in [5.74, 6) is 0. The van der Waals surface area contributed by atoms with Crippen molar-refractivity contribution in [3.8, 4) is 0 Å². The second kappa shape index (κ2) is 3.53. The van der Waals surface area contributed by atoms with Crippen LogP contribution in [-0.4, -0.2) is 24.9 Å². The highest BCUT2D eigenvalue weighted by Crippen LogP contribution is 2.42. The van der Waals surface area contributed by atoms with Crippen molar-refractivity contribution in [2.24, 2.45) is 0 Å². The molecule has 1 heterocycles. The number of benzene rings is 1. The van der Waals surface area contributed by atoms with Crippen LogP contribution >= 0.6 is 8.30 Å². The molecule has 1 saturated heterocycles. The Balaban J connectivity index is 2.19. The molecule has 0 aliphatic carbocycles. The summed E-state index contributed by atoms with van der Waals surface area (Å²) in [6, 6.07) is 10.4. The first-order valence-corrected chi connectivity index (χ1v) is 5.28. The average Bonchev–Trinajstić information content (AvgIpc) is 2.53. The molecule has 1 unspecified atom stereocenters. The molecule has 1 aromatic rings. The molecule has 64 valence electrons. The molecule has 0 radical (unpaired) electrons. The van der Waals surface area contributed by atoms with Gasteiger partial charge in [0.15, 0.2) is 0 Å². The molecule has 1 atom stereocenters. The SMILES string of the molecule is CN1CCOP1c1ccccc1. The van der Waals surface area contributed by atoms with Crippen LogP contribution in [0.1, 0.15) is 0 Å². The van der Waals surface area contributed by atoms with Crippen molar-refractivity contribution in [2.45, 2.75) is 0 Å². The van der Waals surface area contributed by atoms with Gasteiger partial charge in [-0.3, -0.25) is 4.67 Å². The Morgan fingerprint density at radius 2 is 2.08 bits per heavy atom. The van der Waals surface area contributed by atoms with Crippen LogP contribution in [0.25, 0.3) is 0 Å². The molecule has 0 bridgehead atoms. The number of hydrogen-bond acceptors (Lipinski definition) is 2. The van der Waals surface area contributed by atoms with Crippen LogP contribution in [0.2, 0.25) is 0 Å². The standard InChI is InChI=1S/C9H12NOP/c1-10-7-8-11-12(10)9-5-3-2-4-6-9/h2-6H,7-8H2,1H3. The number of likely N-dealkylation sites (N-methyl/N-ethyl adjacent to an activating group) is 1. The van der Waals surface area contributed by atoms with Crippen molar-refractivity contribution in [3.05, 3.63) is 30.3 Å². The summed E-state index contributed by atoms with van der Waals surface area (Å²) in [5, 5.41) is 1.31. The van der Waals surface area contributed by atoms with Crippen LogP contribution in [0, 0.1) is 0 Å². The van der Waals surface area contributed by atoms with Gasteiger partial charge in [-0.25, -0.2) is 0 Å². The molecule has 3 heteroatoms. The van der Waals surface area contributed by atoms with Gasteiger partial charge in [-0.1, -0.05) is 30.3 Å². The van der Waals surface area contributed by atoms with E-state index in [9.17, 15) is 0 Å². The van der Waals surface area contributed by atoms with Gasteiger partial charge in [0.05, 0.1) is 6.61 Å². The van der Waals surface area contributed by atoms with Crippen LogP contribution in [0.5, 0.6) is 0 Å². The van der Waals surface area contributed by atoms with E-state index in [4.69, 9.17) is 4.52 Å². The third-order valence-corrected chi connectivity index (χ3v) is 3.90. The number of hydrogen-bond donors (Lipinski definition) is 0. The fourth-order valence-corrected chi connectivity index (χ4v) is 2.96. The van der Waals surface area contributed by atoms with E-state index in [2.05, 4.69) is 36.0 Å². The predicted molar refractivity (Wildman–Crippen MR) is 51.6 cm³/mol. The molecule has 2 nitrogen and oxygen atoms in total. The van der Waals surface area contributed by atoms with Crippen LogP contribution in [0.15, 0.2) is 30.3 Å².